The van der Waals surface area contributed by atoms with E-state index in [-0.39, 0.29) is 23.5 Å². The second-order valence-electron chi connectivity index (χ2n) is 8.56. The van der Waals surface area contributed by atoms with Gasteiger partial charge < -0.3 is 10.2 Å². The second kappa shape index (κ2) is 12.8. The van der Waals surface area contributed by atoms with Crippen LogP contribution in [0.1, 0.15) is 24.5 Å². The van der Waals surface area contributed by atoms with Crippen molar-refractivity contribution in [1.82, 2.24) is 10.2 Å². The molecule has 7 nitrogen and oxygen atoms in total. The molecule has 202 valence electrons. The van der Waals surface area contributed by atoms with Crippen LogP contribution in [0.4, 0.5) is 5.69 Å². The van der Waals surface area contributed by atoms with Crippen molar-refractivity contribution >= 4 is 62.3 Å². The molecule has 3 aromatic carbocycles. The fraction of sp³-hybridized carbons (Fsp3) is 0.259. The van der Waals surface area contributed by atoms with Gasteiger partial charge in [-0.15, -0.1) is 0 Å². The topological polar surface area (TPSA) is 86.8 Å². The average molecular weight is 597 g/mol. The van der Waals surface area contributed by atoms with Crippen LogP contribution in [0.15, 0.2) is 71.6 Å². The van der Waals surface area contributed by atoms with Crippen LogP contribution in [0.3, 0.4) is 0 Å². The fourth-order valence-corrected chi connectivity index (χ4v) is 5.97. The number of carbonyl (C=O) groups excluding carboxylic acids is 2. The van der Waals surface area contributed by atoms with Gasteiger partial charge in [0.2, 0.25) is 11.8 Å². The molecular weight excluding hydrogens is 569 g/mol. The van der Waals surface area contributed by atoms with Gasteiger partial charge in [-0.1, -0.05) is 65.5 Å². The lowest BCUT2D eigenvalue weighted by Gasteiger charge is -2.33. The van der Waals surface area contributed by atoms with Gasteiger partial charge in [0.25, 0.3) is 10.0 Å². The average Bonchev–Trinajstić information content (AvgIpc) is 2.89. The van der Waals surface area contributed by atoms with E-state index in [1.807, 2.05) is 6.92 Å². The number of hydrogen-bond acceptors (Lipinski definition) is 4. The highest BCUT2D eigenvalue weighted by Gasteiger charge is 2.34. The fourth-order valence-electron chi connectivity index (χ4n) is 3.91. The molecule has 0 aliphatic carbocycles. The minimum atomic E-state index is -4.17. The molecule has 0 radical (unpaired) electrons. The Balaban J connectivity index is 2.09. The predicted octanol–water partition coefficient (Wildman–Crippen LogP) is 5.70. The van der Waals surface area contributed by atoms with Crippen LogP contribution in [0.5, 0.6) is 0 Å². The highest BCUT2D eigenvalue weighted by molar-refractivity contribution is 7.92. The van der Waals surface area contributed by atoms with Crippen LogP contribution in [-0.4, -0.2) is 44.8 Å². The predicted molar refractivity (Wildman–Crippen MR) is 152 cm³/mol. The third kappa shape index (κ3) is 6.80. The zero-order valence-corrected chi connectivity index (χ0v) is 24.2. The molecule has 0 heterocycles. The summed E-state index contributed by atoms with van der Waals surface area (Å²) in [4.78, 5) is 28.0. The Morgan fingerprint density at radius 2 is 1.50 bits per heavy atom. The van der Waals surface area contributed by atoms with Crippen molar-refractivity contribution in [3.8, 4) is 0 Å². The van der Waals surface area contributed by atoms with Gasteiger partial charge in [-0.25, -0.2) is 8.42 Å². The maximum Gasteiger partial charge on any atom is 0.264 e. The van der Waals surface area contributed by atoms with Gasteiger partial charge in [-0.2, -0.15) is 0 Å². The summed E-state index contributed by atoms with van der Waals surface area (Å²) in [5.41, 5.74) is 1.58. The number of hydrogen-bond donors (Lipinski definition) is 1. The van der Waals surface area contributed by atoms with E-state index < -0.39 is 34.4 Å². The van der Waals surface area contributed by atoms with Gasteiger partial charge in [-0.3, -0.25) is 13.9 Å². The number of sulfonamides is 1. The Morgan fingerprint density at radius 1 is 0.921 bits per heavy atom. The van der Waals surface area contributed by atoms with Crippen molar-refractivity contribution in [2.75, 3.05) is 17.9 Å². The number of nitrogens with one attached hydrogen (secondary N) is 1. The number of likely N-dealkylation sites (N-methyl/N-ethyl adjacent to an activating group) is 1. The quantitative estimate of drug-likeness (QED) is 0.325. The summed E-state index contributed by atoms with van der Waals surface area (Å²) in [7, 11) is -2.70. The van der Waals surface area contributed by atoms with Crippen LogP contribution in [0.2, 0.25) is 15.1 Å². The maximum absolute atomic E-state index is 13.9. The van der Waals surface area contributed by atoms with Crippen LogP contribution in [-0.2, 0) is 26.2 Å². The van der Waals surface area contributed by atoms with Crippen molar-refractivity contribution < 1.29 is 18.0 Å². The SMILES string of the molecule is CC[C@@H](C(=O)NC)N(Cc1c(Cl)cccc1Cl)C(=O)CN(c1ccc(Cl)cc1)S(=O)(=O)c1ccc(C)cc1. The van der Waals surface area contributed by atoms with E-state index in [1.54, 1.807) is 49.4 Å². The molecule has 3 aromatic rings. The van der Waals surface area contributed by atoms with E-state index in [9.17, 15) is 18.0 Å². The van der Waals surface area contributed by atoms with E-state index in [4.69, 9.17) is 34.8 Å². The minimum Gasteiger partial charge on any atom is -0.357 e. The van der Waals surface area contributed by atoms with Gasteiger partial charge in [0.15, 0.2) is 0 Å². The Kier molecular flexibility index (Phi) is 10.1. The number of benzene rings is 3. The molecule has 0 saturated carbocycles. The van der Waals surface area contributed by atoms with Gasteiger partial charge in [0.05, 0.1) is 10.6 Å². The zero-order chi connectivity index (χ0) is 28.0. The summed E-state index contributed by atoms with van der Waals surface area (Å²) in [6.45, 7) is 2.93. The van der Waals surface area contributed by atoms with Crippen molar-refractivity contribution in [3.05, 3.63) is 92.9 Å². The van der Waals surface area contributed by atoms with Gasteiger partial charge in [0, 0.05) is 34.2 Å². The molecule has 0 aliphatic heterocycles. The molecule has 1 atom stereocenters. The van der Waals surface area contributed by atoms with Crippen LogP contribution in [0, 0.1) is 6.92 Å². The second-order valence-corrected chi connectivity index (χ2v) is 11.7. The summed E-state index contributed by atoms with van der Waals surface area (Å²) in [6.07, 6.45) is 0.277. The Labute approximate surface area is 238 Å². The Morgan fingerprint density at radius 3 is 2.03 bits per heavy atom. The third-order valence-corrected chi connectivity index (χ3v) is 8.77. The third-order valence-electron chi connectivity index (χ3n) is 6.02. The number of carbonyl (C=O) groups is 2. The van der Waals surface area contributed by atoms with E-state index in [0.29, 0.717) is 20.6 Å². The largest absolute Gasteiger partial charge is 0.357 e. The number of aryl methyl sites for hydroxylation is 1. The highest BCUT2D eigenvalue weighted by Crippen LogP contribution is 2.29. The Bertz CT molecular complexity index is 1380. The molecule has 0 unspecified atom stereocenters. The van der Waals surface area contributed by atoms with Crippen LogP contribution >= 0.6 is 34.8 Å². The lowest BCUT2D eigenvalue weighted by Crippen LogP contribution is -2.51. The van der Waals surface area contributed by atoms with E-state index in [2.05, 4.69) is 5.32 Å². The molecule has 0 aromatic heterocycles. The van der Waals surface area contributed by atoms with E-state index >= 15 is 0 Å². The van der Waals surface area contributed by atoms with Gasteiger partial charge in [0.1, 0.15) is 12.6 Å². The number of amides is 2. The molecule has 2 amide bonds. The summed E-state index contributed by atoms with van der Waals surface area (Å²) < 4.78 is 28.6. The minimum absolute atomic E-state index is 0.0184. The standard InChI is InChI=1S/C27H28Cl3N3O4S/c1-4-25(27(35)31-3)32(16-22-23(29)6-5-7-24(22)30)26(34)17-33(20-12-10-19(28)11-13-20)38(36,37)21-14-8-18(2)9-15-21/h5-15,25H,4,16-17H2,1-3H3,(H,31,35)/t25-/m0/s1. The number of nitrogens with zero attached hydrogens (tertiary/aromatic N) is 2. The summed E-state index contributed by atoms with van der Waals surface area (Å²) in [6, 6.07) is 16.5. The number of anilines is 1. The molecular formula is C27H28Cl3N3O4S. The maximum atomic E-state index is 13.9. The molecule has 11 heteroatoms. The molecule has 0 bridgehead atoms. The van der Waals surface area contributed by atoms with Crippen molar-refractivity contribution in [2.24, 2.45) is 0 Å². The first-order valence-corrected chi connectivity index (χ1v) is 14.4. The molecule has 0 saturated heterocycles. The van der Waals surface area contributed by atoms with Crippen molar-refractivity contribution in [1.29, 1.82) is 0 Å². The lowest BCUT2D eigenvalue weighted by atomic mass is 10.1. The lowest BCUT2D eigenvalue weighted by molar-refractivity contribution is -0.140. The summed E-state index contributed by atoms with van der Waals surface area (Å²) >= 11 is 18.8. The van der Waals surface area contributed by atoms with Gasteiger partial charge in [-0.05, 0) is 61.9 Å². The van der Waals surface area contributed by atoms with Gasteiger partial charge >= 0.3 is 0 Å². The smallest absolute Gasteiger partial charge is 0.264 e. The highest BCUT2D eigenvalue weighted by atomic mass is 35.5. The summed E-state index contributed by atoms with van der Waals surface area (Å²) in [5.74, 6) is -1.01. The monoisotopic (exact) mass is 595 g/mol. The Hall–Kier alpha value is -2.78. The molecule has 3 rings (SSSR count). The first-order valence-electron chi connectivity index (χ1n) is 11.8. The first-order chi connectivity index (χ1) is 18.0. The van der Waals surface area contributed by atoms with E-state index in [0.717, 1.165) is 9.87 Å². The molecule has 38 heavy (non-hydrogen) atoms. The molecule has 0 fully saturated rings. The molecule has 0 aliphatic rings. The first kappa shape index (κ1) is 29.8. The van der Waals surface area contributed by atoms with Crippen LogP contribution < -0.4 is 9.62 Å². The van der Waals surface area contributed by atoms with Crippen molar-refractivity contribution in [2.45, 2.75) is 37.8 Å². The number of halogens is 3. The zero-order valence-electron chi connectivity index (χ0n) is 21.1. The number of rotatable bonds is 10. The van der Waals surface area contributed by atoms with Crippen molar-refractivity contribution in [3.63, 3.8) is 0 Å². The normalized spacial score (nSPS) is 12.1. The molecule has 1 N–H and O–H groups in total. The summed E-state index contributed by atoms with van der Waals surface area (Å²) in [5, 5.41) is 3.63. The van der Waals surface area contributed by atoms with Crippen LogP contribution in [0.25, 0.3) is 0 Å². The van der Waals surface area contributed by atoms with E-state index in [1.165, 1.54) is 36.2 Å². The molecule has 0 spiro atoms.